The SMILES string of the molecule is CCOCCCC(=O)N(C)Cc1ccc(Cl)c(Cl)c1. The summed E-state index contributed by atoms with van der Waals surface area (Å²) in [5.41, 5.74) is 0.968. The van der Waals surface area contributed by atoms with Gasteiger partial charge in [0.25, 0.3) is 0 Å². The highest BCUT2D eigenvalue weighted by Gasteiger charge is 2.09. The molecular weight excluding hydrogens is 285 g/mol. The molecule has 0 fully saturated rings. The Hall–Kier alpha value is -0.770. The number of hydrogen-bond acceptors (Lipinski definition) is 2. The molecule has 0 atom stereocenters. The maximum absolute atomic E-state index is 11.9. The van der Waals surface area contributed by atoms with Crippen molar-refractivity contribution in [1.82, 2.24) is 4.90 Å². The second kappa shape index (κ2) is 8.41. The van der Waals surface area contributed by atoms with E-state index in [4.69, 9.17) is 27.9 Å². The van der Waals surface area contributed by atoms with E-state index >= 15 is 0 Å². The summed E-state index contributed by atoms with van der Waals surface area (Å²) < 4.78 is 5.21. The maximum Gasteiger partial charge on any atom is 0.222 e. The Kier molecular flexibility index (Phi) is 7.21. The van der Waals surface area contributed by atoms with Crippen LogP contribution in [0.5, 0.6) is 0 Å². The second-order valence-corrected chi connectivity index (χ2v) is 5.11. The summed E-state index contributed by atoms with van der Waals surface area (Å²) in [5.74, 6) is 0.103. The van der Waals surface area contributed by atoms with Crippen LogP contribution in [-0.4, -0.2) is 31.1 Å². The van der Waals surface area contributed by atoms with E-state index in [1.165, 1.54) is 0 Å². The molecule has 0 aliphatic rings. The lowest BCUT2D eigenvalue weighted by atomic mass is 10.2. The normalized spacial score (nSPS) is 10.5. The predicted octanol–water partition coefficient (Wildman–Crippen LogP) is 3.77. The van der Waals surface area contributed by atoms with Gasteiger partial charge in [-0.3, -0.25) is 4.79 Å². The van der Waals surface area contributed by atoms with E-state index < -0.39 is 0 Å². The average Bonchev–Trinajstić information content (AvgIpc) is 2.38. The number of nitrogens with zero attached hydrogens (tertiary/aromatic N) is 1. The molecule has 0 saturated carbocycles. The first-order valence-corrected chi connectivity index (χ1v) is 7.05. The van der Waals surface area contributed by atoms with Gasteiger partial charge in [-0.05, 0) is 31.0 Å². The molecular formula is C14H19Cl2NO2. The number of benzene rings is 1. The van der Waals surface area contributed by atoms with Crippen molar-refractivity contribution >= 4 is 29.1 Å². The summed E-state index contributed by atoms with van der Waals surface area (Å²) in [4.78, 5) is 13.6. The van der Waals surface area contributed by atoms with Gasteiger partial charge in [-0.2, -0.15) is 0 Å². The van der Waals surface area contributed by atoms with Crippen molar-refractivity contribution in [2.45, 2.75) is 26.3 Å². The van der Waals surface area contributed by atoms with Gasteiger partial charge in [0, 0.05) is 33.2 Å². The van der Waals surface area contributed by atoms with Gasteiger partial charge >= 0.3 is 0 Å². The van der Waals surface area contributed by atoms with Gasteiger partial charge in [0.15, 0.2) is 0 Å². The summed E-state index contributed by atoms with van der Waals surface area (Å²) >= 11 is 11.8. The molecule has 1 aromatic carbocycles. The van der Waals surface area contributed by atoms with Crippen LogP contribution in [0.25, 0.3) is 0 Å². The van der Waals surface area contributed by atoms with Crippen LogP contribution in [0, 0.1) is 0 Å². The van der Waals surface area contributed by atoms with Crippen molar-refractivity contribution in [3.8, 4) is 0 Å². The van der Waals surface area contributed by atoms with Crippen molar-refractivity contribution in [1.29, 1.82) is 0 Å². The summed E-state index contributed by atoms with van der Waals surface area (Å²) in [6.45, 7) is 3.79. The van der Waals surface area contributed by atoms with E-state index in [1.54, 1.807) is 24.1 Å². The van der Waals surface area contributed by atoms with Gasteiger partial charge in [-0.25, -0.2) is 0 Å². The zero-order chi connectivity index (χ0) is 14.3. The first kappa shape index (κ1) is 16.3. The Morgan fingerprint density at radius 3 is 2.68 bits per heavy atom. The number of carbonyl (C=O) groups excluding carboxylic acids is 1. The standard InChI is InChI=1S/C14H19Cl2NO2/c1-3-19-8-4-5-14(18)17(2)10-11-6-7-12(15)13(16)9-11/h6-7,9H,3-5,8,10H2,1-2H3. The molecule has 0 heterocycles. The number of carbonyl (C=O) groups is 1. The maximum atomic E-state index is 11.9. The zero-order valence-corrected chi connectivity index (χ0v) is 12.8. The minimum Gasteiger partial charge on any atom is -0.382 e. The molecule has 0 aliphatic carbocycles. The predicted molar refractivity (Wildman–Crippen MR) is 78.7 cm³/mol. The molecule has 19 heavy (non-hydrogen) atoms. The average molecular weight is 304 g/mol. The van der Waals surface area contributed by atoms with Crippen LogP contribution in [-0.2, 0) is 16.1 Å². The van der Waals surface area contributed by atoms with E-state index in [-0.39, 0.29) is 5.91 Å². The minimum atomic E-state index is 0.103. The molecule has 0 N–H and O–H groups in total. The van der Waals surface area contributed by atoms with Crippen LogP contribution in [0.15, 0.2) is 18.2 Å². The minimum absolute atomic E-state index is 0.103. The summed E-state index contributed by atoms with van der Waals surface area (Å²) in [6, 6.07) is 5.40. The highest BCUT2D eigenvalue weighted by atomic mass is 35.5. The molecule has 0 aliphatic heterocycles. The Balaban J connectivity index is 2.42. The molecule has 1 rings (SSSR count). The quantitative estimate of drug-likeness (QED) is 0.718. The second-order valence-electron chi connectivity index (χ2n) is 4.30. The highest BCUT2D eigenvalue weighted by Crippen LogP contribution is 2.23. The fourth-order valence-corrected chi connectivity index (χ4v) is 1.98. The lowest BCUT2D eigenvalue weighted by Crippen LogP contribution is -2.26. The molecule has 0 spiro atoms. The Labute approximate surface area is 124 Å². The zero-order valence-electron chi connectivity index (χ0n) is 11.3. The highest BCUT2D eigenvalue weighted by molar-refractivity contribution is 6.42. The largest absolute Gasteiger partial charge is 0.382 e. The van der Waals surface area contributed by atoms with Crippen LogP contribution in [0.2, 0.25) is 10.0 Å². The third-order valence-electron chi connectivity index (χ3n) is 2.71. The Bertz CT molecular complexity index is 424. The van der Waals surface area contributed by atoms with E-state index in [1.807, 2.05) is 13.0 Å². The fourth-order valence-electron chi connectivity index (χ4n) is 1.66. The summed E-state index contributed by atoms with van der Waals surface area (Å²) in [5, 5.41) is 1.03. The van der Waals surface area contributed by atoms with E-state index in [9.17, 15) is 4.79 Å². The number of ether oxygens (including phenoxy) is 1. The fraction of sp³-hybridized carbons (Fsp3) is 0.500. The molecule has 106 valence electrons. The van der Waals surface area contributed by atoms with Crippen molar-refractivity contribution in [3.63, 3.8) is 0 Å². The first-order valence-electron chi connectivity index (χ1n) is 6.30. The van der Waals surface area contributed by atoms with Gasteiger partial charge in [0.1, 0.15) is 0 Å². The van der Waals surface area contributed by atoms with E-state index in [0.717, 1.165) is 12.0 Å². The van der Waals surface area contributed by atoms with Crippen LogP contribution in [0.3, 0.4) is 0 Å². The van der Waals surface area contributed by atoms with Gasteiger partial charge in [-0.1, -0.05) is 29.3 Å². The van der Waals surface area contributed by atoms with E-state index in [0.29, 0.717) is 36.2 Å². The lowest BCUT2D eigenvalue weighted by molar-refractivity contribution is -0.130. The lowest BCUT2D eigenvalue weighted by Gasteiger charge is -2.17. The number of hydrogen-bond donors (Lipinski definition) is 0. The Morgan fingerprint density at radius 2 is 2.05 bits per heavy atom. The molecule has 5 heteroatoms. The topological polar surface area (TPSA) is 29.5 Å². The van der Waals surface area contributed by atoms with Crippen LogP contribution in [0.4, 0.5) is 0 Å². The number of halogens is 2. The van der Waals surface area contributed by atoms with Crippen molar-refractivity contribution in [2.24, 2.45) is 0 Å². The smallest absolute Gasteiger partial charge is 0.222 e. The van der Waals surface area contributed by atoms with Crippen molar-refractivity contribution in [3.05, 3.63) is 33.8 Å². The molecule has 0 saturated heterocycles. The Morgan fingerprint density at radius 1 is 1.32 bits per heavy atom. The molecule has 1 aromatic rings. The molecule has 0 aromatic heterocycles. The van der Waals surface area contributed by atoms with Gasteiger partial charge in [0.2, 0.25) is 5.91 Å². The van der Waals surface area contributed by atoms with Gasteiger partial charge in [0.05, 0.1) is 10.0 Å². The third kappa shape index (κ3) is 5.81. The van der Waals surface area contributed by atoms with Gasteiger partial charge < -0.3 is 9.64 Å². The van der Waals surface area contributed by atoms with Crippen LogP contribution < -0.4 is 0 Å². The molecule has 0 unspecified atom stereocenters. The third-order valence-corrected chi connectivity index (χ3v) is 3.45. The summed E-state index contributed by atoms with van der Waals surface area (Å²) in [6.07, 6.45) is 1.25. The van der Waals surface area contributed by atoms with Crippen LogP contribution in [0.1, 0.15) is 25.3 Å². The van der Waals surface area contributed by atoms with Crippen molar-refractivity contribution in [2.75, 3.05) is 20.3 Å². The molecule has 3 nitrogen and oxygen atoms in total. The number of amides is 1. The van der Waals surface area contributed by atoms with Crippen LogP contribution >= 0.6 is 23.2 Å². The number of rotatable bonds is 7. The first-order chi connectivity index (χ1) is 9.04. The molecule has 1 amide bonds. The molecule has 0 radical (unpaired) electrons. The van der Waals surface area contributed by atoms with E-state index in [2.05, 4.69) is 0 Å². The summed E-state index contributed by atoms with van der Waals surface area (Å²) in [7, 11) is 1.78. The van der Waals surface area contributed by atoms with Crippen molar-refractivity contribution < 1.29 is 9.53 Å². The molecule has 0 bridgehead atoms. The van der Waals surface area contributed by atoms with Gasteiger partial charge in [-0.15, -0.1) is 0 Å². The monoisotopic (exact) mass is 303 g/mol.